The molecule has 0 fully saturated rings. The van der Waals surface area contributed by atoms with Crippen LogP contribution in [-0.4, -0.2) is 38.4 Å². The smallest absolute Gasteiger partial charge is 0.230 e. The number of thioether (sulfide) groups is 1. The van der Waals surface area contributed by atoms with E-state index in [0.29, 0.717) is 17.5 Å². The molecule has 0 radical (unpaired) electrons. The van der Waals surface area contributed by atoms with Gasteiger partial charge in [0.2, 0.25) is 11.1 Å². The molecule has 0 aliphatic heterocycles. The van der Waals surface area contributed by atoms with E-state index < -0.39 is 0 Å². The Morgan fingerprint density at radius 2 is 2.22 bits per heavy atom. The van der Waals surface area contributed by atoms with Crippen LogP contribution in [0.25, 0.3) is 10.2 Å². The highest BCUT2D eigenvalue weighted by atomic mass is 32.2. The molecule has 0 saturated carbocycles. The minimum Gasteiger partial charge on any atom is -0.355 e. The summed E-state index contributed by atoms with van der Waals surface area (Å²) in [5, 5.41) is 11.3. The van der Waals surface area contributed by atoms with E-state index in [1.165, 1.54) is 16.5 Å². The summed E-state index contributed by atoms with van der Waals surface area (Å²) in [5.41, 5.74) is 1.02. The maximum absolute atomic E-state index is 11.9. The fraction of sp³-hybridized carbons (Fsp3) is 0.333. The third-order valence-corrected chi connectivity index (χ3v) is 5.36. The summed E-state index contributed by atoms with van der Waals surface area (Å²) < 4.78 is 1.18. The first-order valence-electron chi connectivity index (χ1n) is 7.26. The van der Waals surface area contributed by atoms with E-state index in [-0.39, 0.29) is 11.8 Å². The molecule has 2 aromatic heterocycles. The van der Waals surface area contributed by atoms with Crippen molar-refractivity contribution < 1.29 is 4.79 Å². The van der Waals surface area contributed by atoms with E-state index in [1.807, 2.05) is 25.1 Å². The number of hydrogen-bond donors (Lipinski definition) is 2. The highest BCUT2D eigenvalue weighted by molar-refractivity contribution is 7.99. The number of carbonyl (C=O) groups is 1. The van der Waals surface area contributed by atoms with Gasteiger partial charge in [-0.15, -0.1) is 16.4 Å². The molecule has 1 unspecified atom stereocenters. The van der Waals surface area contributed by atoms with Gasteiger partial charge in [0, 0.05) is 12.5 Å². The number of amides is 1. The molecule has 1 atom stereocenters. The zero-order valence-corrected chi connectivity index (χ0v) is 14.5. The van der Waals surface area contributed by atoms with Gasteiger partial charge in [0.05, 0.1) is 21.0 Å². The average molecular weight is 347 g/mol. The molecular weight excluding hydrogens is 330 g/mol. The molecule has 1 amide bonds. The van der Waals surface area contributed by atoms with Crippen LogP contribution in [0.2, 0.25) is 0 Å². The highest BCUT2D eigenvalue weighted by Crippen LogP contribution is 2.26. The van der Waals surface area contributed by atoms with E-state index in [1.54, 1.807) is 11.3 Å². The predicted molar refractivity (Wildman–Crippen MR) is 92.9 cm³/mol. The molecule has 3 aromatic rings. The van der Waals surface area contributed by atoms with Gasteiger partial charge in [0.25, 0.3) is 0 Å². The van der Waals surface area contributed by atoms with Crippen LogP contribution in [0.1, 0.15) is 23.7 Å². The van der Waals surface area contributed by atoms with Crippen molar-refractivity contribution in [2.24, 2.45) is 0 Å². The molecular formula is C15H17N5OS2. The minimum absolute atomic E-state index is 0.0228. The van der Waals surface area contributed by atoms with Crippen molar-refractivity contribution in [2.75, 3.05) is 12.3 Å². The summed E-state index contributed by atoms with van der Waals surface area (Å²) in [6.07, 6.45) is 0. The molecule has 8 heteroatoms. The second-order valence-electron chi connectivity index (χ2n) is 5.22. The Hall–Kier alpha value is -1.93. The lowest BCUT2D eigenvalue weighted by Crippen LogP contribution is -2.29. The third-order valence-electron chi connectivity index (χ3n) is 3.25. The maximum Gasteiger partial charge on any atom is 0.230 e. The van der Waals surface area contributed by atoms with E-state index in [9.17, 15) is 4.79 Å². The number of fused-ring (bicyclic) bond motifs is 1. The van der Waals surface area contributed by atoms with E-state index in [4.69, 9.17) is 0 Å². The molecule has 2 heterocycles. The predicted octanol–water partition coefficient (Wildman–Crippen LogP) is 2.73. The second-order valence-corrected chi connectivity index (χ2v) is 7.22. The summed E-state index contributed by atoms with van der Waals surface area (Å²) in [7, 11) is 0. The average Bonchev–Trinajstić information content (AvgIpc) is 3.16. The number of benzene rings is 1. The first-order chi connectivity index (χ1) is 11.1. The molecule has 0 aliphatic carbocycles. The van der Waals surface area contributed by atoms with Gasteiger partial charge in [-0.3, -0.25) is 9.89 Å². The Labute approximate surface area is 142 Å². The van der Waals surface area contributed by atoms with E-state index >= 15 is 0 Å². The molecule has 0 spiro atoms. The number of H-pyrrole nitrogens is 1. The lowest BCUT2D eigenvalue weighted by atomic mass is 10.2. The van der Waals surface area contributed by atoms with Gasteiger partial charge in [0.15, 0.2) is 0 Å². The van der Waals surface area contributed by atoms with Gasteiger partial charge >= 0.3 is 0 Å². The van der Waals surface area contributed by atoms with Crippen LogP contribution in [0.4, 0.5) is 0 Å². The summed E-state index contributed by atoms with van der Waals surface area (Å²) in [4.78, 5) is 20.7. The Kier molecular flexibility index (Phi) is 4.92. The molecule has 0 bridgehead atoms. The summed E-state index contributed by atoms with van der Waals surface area (Å²) in [6.45, 7) is 4.48. The monoisotopic (exact) mass is 347 g/mol. The zero-order valence-electron chi connectivity index (χ0n) is 12.9. The number of carbonyl (C=O) groups excluding carboxylic acids is 1. The first kappa shape index (κ1) is 15.9. The van der Waals surface area contributed by atoms with Gasteiger partial charge < -0.3 is 5.32 Å². The van der Waals surface area contributed by atoms with Crippen LogP contribution in [0.15, 0.2) is 29.4 Å². The molecule has 1 aromatic carbocycles. The highest BCUT2D eigenvalue weighted by Gasteiger charge is 2.13. The van der Waals surface area contributed by atoms with Crippen molar-refractivity contribution in [2.45, 2.75) is 24.9 Å². The molecule has 0 saturated heterocycles. The van der Waals surface area contributed by atoms with Crippen molar-refractivity contribution in [3.63, 3.8) is 0 Å². The minimum atomic E-state index is -0.0228. The van der Waals surface area contributed by atoms with Crippen LogP contribution in [0, 0.1) is 6.92 Å². The van der Waals surface area contributed by atoms with Gasteiger partial charge in [-0.1, -0.05) is 30.8 Å². The van der Waals surface area contributed by atoms with Gasteiger partial charge in [0.1, 0.15) is 5.82 Å². The molecule has 120 valence electrons. The molecule has 6 nitrogen and oxygen atoms in total. The Morgan fingerprint density at radius 3 is 2.96 bits per heavy atom. The van der Waals surface area contributed by atoms with Crippen LogP contribution in [0.3, 0.4) is 0 Å². The Morgan fingerprint density at radius 1 is 1.39 bits per heavy atom. The van der Waals surface area contributed by atoms with Gasteiger partial charge in [-0.25, -0.2) is 9.97 Å². The summed E-state index contributed by atoms with van der Waals surface area (Å²) in [5.74, 6) is 1.22. The topological polar surface area (TPSA) is 83.6 Å². The van der Waals surface area contributed by atoms with Crippen LogP contribution < -0.4 is 5.32 Å². The molecule has 3 rings (SSSR count). The number of thiazole rings is 1. The van der Waals surface area contributed by atoms with Gasteiger partial charge in [-0.05, 0) is 19.1 Å². The standard InChI is InChI=1S/C15H17N5OS2/c1-9(14-18-11-5-3-4-6-12(11)23-14)7-16-13(21)8-22-15-17-10(2)19-20-15/h3-6,9H,7-8H2,1-2H3,(H,16,21)(H,17,19,20). The van der Waals surface area contributed by atoms with Crippen molar-refractivity contribution in [3.05, 3.63) is 35.1 Å². The van der Waals surface area contributed by atoms with Gasteiger partial charge in [-0.2, -0.15) is 0 Å². The van der Waals surface area contributed by atoms with Crippen molar-refractivity contribution in [1.82, 2.24) is 25.5 Å². The van der Waals surface area contributed by atoms with Crippen LogP contribution in [0.5, 0.6) is 0 Å². The number of nitrogens with one attached hydrogen (secondary N) is 2. The SMILES string of the molecule is Cc1nc(SCC(=O)NCC(C)c2nc3ccccc3s2)n[nH]1. The third kappa shape index (κ3) is 4.08. The fourth-order valence-corrected chi connectivity index (χ4v) is 3.72. The number of aromatic nitrogens is 4. The number of aryl methyl sites for hydroxylation is 1. The normalized spacial score (nSPS) is 12.4. The maximum atomic E-state index is 11.9. The fourth-order valence-electron chi connectivity index (χ4n) is 2.02. The molecule has 2 N–H and O–H groups in total. The summed E-state index contributed by atoms with van der Waals surface area (Å²) in [6, 6.07) is 8.08. The van der Waals surface area contributed by atoms with Crippen LogP contribution in [-0.2, 0) is 4.79 Å². The first-order valence-corrected chi connectivity index (χ1v) is 9.06. The van der Waals surface area contributed by atoms with Crippen molar-refractivity contribution in [1.29, 1.82) is 0 Å². The summed E-state index contributed by atoms with van der Waals surface area (Å²) >= 11 is 3.00. The Balaban J connectivity index is 1.49. The van der Waals surface area contributed by atoms with E-state index in [2.05, 4.69) is 38.5 Å². The molecule has 0 aliphatic rings. The van der Waals surface area contributed by atoms with E-state index in [0.717, 1.165) is 16.3 Å². The lowest BCUT2D eigenvalue weighted by molar-refractivity contribution is -0.118. The van der Waals surface area contributed by atoms with Crippen molar-refractivity contribution >= 4 is 39.2 Å². The number of hydrogen-bond acceptors (Lipinski definition) is 6. The van der Waals surface area contributed by atoms with Crippen LogP contribution >= 0.6 is 23.1 Å². The van der Waals surface area contributed by atoms with Crippen molar-refractivity contribution in [3.8, 4) is 0 Å². The second kappa shape index (κ2) is 7.10. The number of para-hydroxylation sites is 1. The Bertz CT molecular complexity index is 780. The number of rotatable bonds is 6. The quantitative estimate of drug-likeness (QED) is 0.670. The number of aromatic amines is 1. The molecule has 23 heavy (non-hydrogen) atoms. The zero-order chi connectivity index (χ0) is 16.2. The number of nitrogens with zero attached hydrogens (tertiary/aromatic N) is 3. The largest absolute Gasteiger partial charge is 0.355 e. The lowest BCUT2D eigenvalue weighted by Gasteiger charge is -2.09.